The highest BCUT2D eigenvalue weighted by atomic mass is 32.1. The number of aromatic nitrogens is 3. The van der Waals surface area contributed by atoms with Crippen LogP contribution in [-0.2, 0) is 0 Å². The number of thiazole rings is 1. The first-order valence-electron chi connectivity index (χ1n) is 6.56. The minimum absolute atomic E-state index is 0.203. The lowest BCUT2D eigenvalue weighted by Crippen LogP contribution is -2.12. The van der Waals surface area contributed by atoms with E-state index < -0.39 is 0 Å². The zero-order valence-electron chi connectivity index (χ0n) is 11.3. The van der Waals surface area contributed by atoms with Gasteiger partial charge < -0.3 is 10.6 Å². The molecular formula is C13H19N5S. The third-order valence-corrected chi connectivity index (χ3v) is 3.56. The summed E-state index contributed by atoms with van der Waals surface area (Å²) in [7, 11) is 0. The van der Waals surface area contributed by atoms with E-state index in [2.05, 4.69) is 39.4 Å². The first kappa shape index (κ1) is 13.7. The molecule has 0 amide bonds. The Morgan fingerprint density at radius 2 is 2.16 bits per heavy atom. The van der Waals surface area contributed by atoms with Crippen molar-refractivity contribution in [3.05, 3.63) is 28.8 Å². The molecule has 0 bridgehead atoms. The maximum Gasteiger partial charge on any atom is 0.224 e. The molecule has 0 aliphatic rings. The van der Waals surface area contributed by atoms with Crippen molar-refractivity contribution in [1.29, 1.82) is 0 Å². The zero-order valence-corrected chi connectivity index (χ0v) is 12.1. The van der Waals surface area contributed by atoms with Gasteiger partial charge in [-0.15, -0.1) is 11.3 Å². The number of nitrogens with one attached hydrogen (secondary N) is 2. The van der Waals surface area contributed by atoms with E-state index in [1.165, 1.54) is 0 Å². The van der Waals surface area contributed by atoms with E-state index in [1.54, 1.807) is 17.5 Å². The van der Waals surface area contributed by atoms with Crippen molar-refractivity contribution in [3.8, 4) is 0 Å². The van der Waals surface area contributed by atoms with Gasteiger partial charge in [0.2, 0.25) is 5.95 Å². The predicted molar refractivity (Wildman–Crippen MR) is 79.6 cm³/mol. The second-order valence-electron chi connectivity index (χ2n) is 4.17. The summed E-state index contributed by atoms with van der Waals surface area (Å²) in [6.45, 7) is 5.13. The fourth-order valence-electron chi connectivity index (χ4n) is 1.68. The van der Waals surface area contributed by atoms with Gasteiger partial charge in [-0.3, -0.25) is 0 Å². The van der Waals surface area contributed by atoms with Gasteiger partial charge in [-0.2, -0.15) is 4.98 Å². The van der Waals surface area contributed by atoms with Crippen LogP contribution in [0.1, 0.15) is 37.7 Å². The van der Waals surface area contributed by atoms with Gasteiger partial charge in [0.15, 0.2) is 0 Å². The Kier molecular flexibility index (Phi) is 5.09. The van der Waals surface area contributed by atoms with Gasteiger partial charge in [-0.1, -0.05) is 13.8 Å². The topological polar surface area (TPSA) is 62.7 Å². The Balaban J connectivity index is 2.05. The second-order valence-corrected chi connectivity index (χ2v) is 5.09. The van der Waals surface area contributed by atoms with E-state index in [4.69, 9.17) is 0 Å². The highest BCUT2D eigenvalue weighted by Gasteiger charge is 2.12. The molecule has 19 heavy (non-hydrogen) atoms. The minimum atomic E-state index is 0.203. The van der Waals surface area contributed by atoms with Gasteiger partial charge in [0.25, 0.3) is 0 Å². The molecule has 1 unspecified atom stereocenters. The molecule has 5 nitrogen and oxygen atoms in total. The fourth-order valence-corrected chi connectivity index (χ4v) is 2.46. The van der Waals surface area contributed by atoms with Gasteiger partial charge in [0.1, 0.15) is 10.8 Å². The second kappa shape index (κ2) is 7.04. The summed E-state index contributed by atoms with van der Waals surface area (Å²) >= 11 is 1.66. The van der Waals surface area contributed by atoms with Crippen LogP contribution < -0.4 is 10.6 Å². The van der Waals surface area contributed by atoms with Crippen LogP contribution in [0.5, 0.6) is 0 Å². The molecule has 2 aromatic rings. The van der Waals surface area contributed by atoms with Crippen LogP contribution >= 0.6 is 11.3 Å². The van der Waals surface area contributed by atoms with Gasteiger partial charge in [0, 0.05) is 24.3 Å². The molecule has 0 spiro atoms. The Hall–Kier alpha value is -1.69. The molecule has 0 saturated heterocycles. The van der Waals surface area contributed by atoms with Crippen LogP contribution in [0.3, 0.4) is 0 Å². The summed E-state index contributed by atoms with van der Waals surface area (Å²) in [5.41, 5.74) is 0. The van der Waals surface area contributed by atoms with Crippen molar-refractivity contribution in [1.82, 2.24) is 15.0 Å². The Morgan fingerprint density at radius 3 is 2.84 bits per heavy atom. The summed E-state index contributed by atoms with van der Waals surface area (Å²) in [5.74, 6) is 1.50. The largest absolute Gasteiger partial charge is 0.361 e. The molecule has 6 heteroatoms. The molecule has 0 aromatic carbocycles. The van der Waals surface area contributed by atoms with Crippen LogP contribution in [0.4, 0.5) is 11.8 Å². The first-order chi connectivity index (χ1) is 9.33. The van der Waals surface area contributed by atoms with Crippen molar-refractivity contribution in [3.63, 3.8) is 0 Å². The van der Waals surface area contributed by atoms with E-state index in [9.17, 15) is 0 Å². The smallest absolute Gasteiger partial charge is 0.224 e. The number of nitrogens with zero attached hydrogens (tertiary/aromatic N) is 3. The summed E-state index contributed by atoms with van der Waals surface area (Å²) < 4.78 is 0. The summed E-state index contributed by atoms with van der Waals surface area (Å²) in [4.78, 5) is 13.0. The number of anilines is 2. The Bertz CT molecular complexity index is 486. The summed E-state index contributed by atoms with van der Waals surface area (Å²) in [6.07, 6.45) is 5.62. The van der Waals surface area contributed by atoms with Crippen molar-refractivity contribution in [2.75, 3.05) is 17.2 Å². The molecule has 0 aliphatic heterocycles. The molecule has 102 valence electrons. The molecule has 1 atom stereocenters. The normalized spacial score (nSPS) is 12.1. The van der Waals surface area contributed by atoms with Crippen molar-refractivity contribution >= 4 is 23.1 Å². The van der Waals surface area contributed by atoms with Crippen molar-refractivity contribution in [2.24, 2.45) is 0 Å². The molecular weight excluding hydrogens is 258 g/mol. The monoisotopic (exact) mass is 277 g/mol. The van der Waals surface area contributed by atoms with Gasteiger partial charge in [-0.05, 0) is 18.9 Å². The third-order valence-electron chi connectivity index (χ3n) is 2.67. The number of rotatable bonds is 7. The van der Waals surface area contributed by atoms with Crippen LogP contribution in [0.2, 0.25) is 0 Å². The highest BCUT2D eigenvalue weighted by molar-refractivity contribution is 7.09. The van der Waals surface area contributed by atoms with Crippen molar-refractivity contribution in [2.45, 2.75) is 32.7 Å². The third kappa shape index (κ3) is 3.89. The van der Waals surface area contributed by atoms with Gasteiger partial charge in [-0.25, -0.2) is 9.97 Å². The average molecular weight is 277 g/mol. The molecule has 2 N–H and O–H groups in total. The molecule has 0 aliphatic carbocycles. The maximum atomic E-state index is 4.45. The van der Waals surface area contributed by atoms with E-state index in [0.717, 1.165) is 30.2 Å². The van der Waals surface area contributed by atoms with Gasteiger partial charge >= 0.3 is 0 Å². The van der Waals surface area contributed by atoms with E-state index in [0.29, 0.717) is 5.95 Å². The van der Waals surface area contributed by atoms with Crippen LogP contribution in [0.25, 0.3) is 0 Å². The lowest BCUT2D eigenvalue weighted by molar-refractivity contribution is 0.737. The minimum Gasteiger partial charge on any atom is -0.361 e. The highest BCUT2D eigenvalue weighted by Crippen LogP contribution is 2.23. The fraction of sp³-hybridized carbons (Fsp3) is 0.462. The van der Waals surface area contributed by atoms with E-state index >= 15 is 0 Å². The summed E-state index contributed by atoms with van der Waals surface area (Å²) in [6, 6.07) is 2.09. The van der Waals surface area contributed by atoms with Gasteiger partial charge in [0.05, 0.1) is 6.04 Å². The Labute approximate surface area is 117 Å². The average Bonchev–Trinajstić information content (AvgIpc) is 2.97. The lowest BCUT2D eigenvalue weighted by Gasteiger charge is -2.15. The molecule has 0 saturated carbocycles. The van der Waals surface area contributed by atoms with Crippen LogP contribution in [0, 0.1) is 0 Å². The van der Waals surface area contributed by atoms with E-state index in [-0.39, 0.29) is 6.04 Å². The van der Waals surface area contributed by atoms with Crippen LogP contribution in [0.15, 0.2) is 23.8 Å². The SMILES string of the molecule is CCCNc1nccc(NC(CC)c2nccs2)n1. The lowest BCUT2D eigenvalue weighted by atomic mass is 10.2. The van der Waals surface area contributed by atoms with E-state index in [1.807, 2.05) is 17.6 Å². The molecule has 2 rings (SSSR count). The maximum absolute atomic E-state index is 4.45. The predicted octanol–water partition coefficient (Wildman–Crippen LogP) is 3.32. The van der Waals surface area contributed by atoms with Crippen molar-refractivity contribution < 1.29 is 0 Å². The molecule has 0 radical (unpaired) electrons. The standard InChI is InChI=1S/C13H19N5S/c1-3-6-15-13-16-7-5-11(18-13)17-10(4-2)12-14-8-9-19-12/h5,7-10H,3-4,6H2,1-2H3,(H2,15,16,17,18). The molecule has 2 heterocycles. The van der Waals surface area contributed by atoms with Crippen LogP contribution in [-0.4, -0.2) is 21.5 Å². The molecule has 0 fully saturated rings. The quantitative estimate of drug-likeness (QED) is 0.813. The molecule has 2 aromatic heterocycles. The Morgan fingerprint density at radius 1 is 1.26 bits per heavy atom. The number of hydrogen-bond donors (Lipinski definition) is 2. The first-order valence-corrected chi connectivity index (χ1v) is 7.44. The summed E-state index contributed by atoms with van der Waals surface area (Å²) in [5, 5.41) is 9.67. The zero-order chi connectivity index (χ0) is 13.5. The number of hydrogen-bond acceptors (Lipinski definition) is 6.